The number of hydrogen-bond acceptors (Lipinski definition) is 4. The zero-order valence-electron chi connectivity index (χ0n) is 10.0. The second kappa shape index (κ2) is 4.69. The van der Waals surface area contributed by atoms with Crippen molar-refractivity contribution in [2.45, 2.75) is 31.6 Å². The van der Waals surface area contributed by atoms with E-state index in [4.69, 9.17) is 0 Å². The number of nitrogens with zero attached hydrogens (tertiary/aromatic N) is 2. The van der Waals surface area contributed by atoms with E-state index >= 15 is 0 Å². The van der Waals surface area contributed by atoms with Gasteiger partial charge in [-0.2, -0.15) is 0 Å². The Hall–Kier alpha value is -1.03. The maximum atomic E-state index is 4.56. The highest BCUT2D eigenvalue weighted by Gasteiger charge is 2.35. The standard InChI is InChI=1S/C13H17N3S/c1-9-3-2-4-11(16-9)7-14-13-15-8-12(17-13)10-5-6-10/h2-4,10,12H,5-8H2,1H3,(H,14,15). The Morgan fingerprint density at radius 2 is 2.29 bits per heavy atom. The molecule has 1 aliphatic heterocycles. The van der Waals surface area contributed by atoms with Crippen molar-refractivity contribution in [3.8, 4) is 0 Å². The van der Waals surface area contributed by atoms with Crippen LogP contribution < -0.4 is 5.32 Å². The Morgan fingerprint density at radius 3 is 3.06 bits per heavy atom. The molecule has 17 heavy (non-hydrogen) atoms. The molecule has 90 valence electrons. The minimum Gasteiger partial charge on any atom is -0.359 e. The van der Waals surface area contributed by atoms with Gasteiger partial charge >= 0.3 is 0 Å². The molecule has 3 nitrogen and oxygen atoms in total. The number of thioether (sulfide) groups is 1. The molecular weight excluding hydrogens is 230 g/mol. The number of amidine groups is 1. The van der Waals surface area contributed by atoms with Crippen molar-refractivity contribution < 1.29 is 0 Å². The van der Waals surface area contributed by atoms with Crippen molar-refractivity contribution in [2.24, 2.45) is 10.9 Å². The Bertz CT molecular complexity index is 440. The number of aliphatic imine (C=N–C) groups is 1. The summed E-state index contributed by atoms with van der Waals surface area (Å²) in [6.45, 7) is 3.80. The molecule has 1 unspecified atom stereocenters. The van der Waals surface area contributed by atoms with Crippen LogP contribution in [0.4, 0.5) is 0 Å². The van der Waals surface area contributed by atoms with E-state index < -0.39 is 0 Å². The number of nitrogens with one attached hydrogen (secondary N) is 1. The van der Waals surface area contributed by atoms with Crippen molar-refractivity contribution in [2.75, 3.05) is 6.54 Å². The highest BCUT2D eigenvalue weighted by atomic mass is 32.2. The Kier molecular flexibility index (Phi) is 3.05. The molecule has 1 atom stereocenters. The molecule has 0 amide bonds. The first-order valence-corrected chi connectivity index (χ1v) is 7.07. The quantitative estimate of drug-likeness (QED) is 0.891. The molecule has 4 heteroatoms. The van der Waals surface area contributed by atoms with Gasteiger partial charge in [-0.3, -0.25) is 9.98 Å². The molecule has 1 N–H and O–H groups in total. The highest BCUT2D eigenvalue weighted by Crippen LogP contribution is 2.41. The molecule has 0 spiro atoms. The largest absolute Gasteiger partial charge is 0.359 e. The predicted molar refractivity (Wildman–Crippen MR) is 72.2 cm³/mol. The Morgan fingerprint density at radius 1 is 1.41 bits per heavy atom. The molecule has 2 heterocycles. The maximum absolute atomic E-state index is 4.56. The number of rotatable bonds is 3. The van der Waals surface area contributed by atoms with Crippen molar-refractivity contribution in [1.82, 2.24) is 10.3 Å². The first-order valence-electron chi connectivity index (χ1n) is 6.19. The molecule has 2 aliphatic rings. The lowest BCUT2D eigenvalue weighted by Gasteiger charge is -2.07. The lowest BCUT2D eigenvalue weighted by Crippen LogP contribution is -2.20. The molecule has 1 aromatic heterocycles. The van der Waals surface area contributed by atoms with Crippen LogP contribution in [0.25, 0.3) is 0 Å². The molecule has 3 rings (SSSR count). The van der Waals surface area contributed by atoms with Gasteiger partial charge in [-0.1, -0.05) is 17.8 Å². The Labute approximate surface area is 106 Å². The first kappa shape index (κ1) is 11.1. The summed E-state index contributed by atoms with van der Waals surface area (Å²) in [6, 6.07) is 6.13. The van der Waals surface area contributed by atoms with Gasteiger partial charge in [0, 0.05) is 10.9 Å². The molecule has 1 saturated carbocycles. The summed E-state index contributed by atoms with van der Waals surface area (Å²) in [5.41, 5.74) is 2.16. The molecule has 0 radical (unpaired) electrons. The molecule has 1 aliphatic carbocycles. The summed E-state index contributed by atoms with van der Waals surface area (Å²) in [5.74, 6) is 0.931. The van der Waals surface area contributed by atoms with Gasteiger partial charge in [-0.15, -0.1) is 0 Å². The second-order valence-corrected chi connectivity index (χ2v) is 5.99. The van der Waals surface area contributed by atoms with E-state index in [0.29, 0.717) is 0 Å². The van der Waals surface area contributed by atoms with E-state index in [2.05, 4.69) is 27.4 Å². The lowest BCUT2D eigenvalue weighted by molar-refractivity contribution is 0.771. The fourth-order valence-electron chi connectivity index (χ4n) is 2.07. The Balaban J connectivity index is 1.51. The fraction of sp³-hybridized carbons (Fsp3) is 0.538. The molecule has 1 fully saturated rings. The summed E-state index contributed by atoms with van der Waals surface area (Å²) >= 11 is 1.92. The molecule has 0 saturated heterocycles. The van der Waals surface area contributed by atoms with Crippen LogP contribution in [0.1, 0.15) is 24.2 Å². The van der Waals surface area contributed by atoms with Crippen LogP contribution in [0.5, 0.6) is 0 Å². The predicted octanol–water partition coefficient (Wildman–Crippen LogP) is 2.36. The lowest BCUT2D eigenvalue weighted by atomic mass is 10.3. The number of aryl methyl sites for hydroxylation is 1. The van der Waals surface area contributed by atoms with Crippen LogP contribution in [-0.2, 0) is 6.54 Å². The van der Waals surface area contributed by atoms with Gasteiger partial charge in [0.2, 0.25) is 0 Å². The van der Waals surface area contributed by atoms with Crippen LogP contribution in [-0.4, -0.2) is 21.9 Å². The van der Waals surface area contributed by atoms with Crippen LogP contribution >= 0.6 is 11.8 Å². The topological polar surface area (TPSA) is 37.3 Å². The van der Waals surface area contributed by atoms with Gasteiger partial charge in [-0.05, 0) is 37.8 Å². The van der Waals surface area contributed by atoms with E-state index in [-0.39, 0.29) is 0 Å². The summed E-state index contributed by atoms with van der Waals surface area (Å²) in [5, 5.41) is 5.23. The monoisotopic (exact) mass is 247 g/mol. The average molecular weight is 247 g/mol. The SMILES string of the molecule is Cc1cccc(CNC2=NCC(C3CC3)S2)n1. The van der Waals surface area contributed by atoms with Gasteiger partial charge in [0.1, 0.15) is 0 Å². The second-order valence-electron chi connectivity index (χ2n) is 4.76. The summed E-state index contributed by atoms with van der Waals surface area (Å²) in [4.78, 5) is 9.03. The van der Waals surface area contributed by atoms with E-state index in [0.717, 1.165) is 40.8 Å². The molecular formula is C13H17N3S. The third kappa shape index (κ3) is 2.80. The smallest absolute Gasteiger partial charge is 0.157 e. The van der Waals surface area contributed by atoms with Crippen LogP contribution in [0.2, 0.25) is 0 Å². The number of aromatic nitrogens is 1. The highest BCUT2D eigenvalue weighted by molar-refractivity contribution is 8.14. The average Bonchev–Trinajstić information content (AvgIpc) is 3.07. The van der Waals surface area contributed by atoms with Gasteiger partial charge < -0.3 is 5.32 Å². The minimum atomic E-state index is 0.739. The van der Waals surface area contributed by atoms with Gasteiger partial charge in [0.15, 0.2) is 5.17 Å². The zero-order valence-corrected chi connectivity index (χ0v) is 10.8. The van der Waals surface area contributed by atoms with Gasteiger partial charge in [0.25, 0.3) is 0 Å². The van der Waals surface area contributed by atoms with Gasteiger partial charge in [-0.25, -0.2) is 0 Å². The summed E-state index contributed by atoms with van der Waals surface area (Å²) in [6.07, 6.45) is 2.81. The first-order chi connectivity index (χ1) is 8.31. The van der Waals surface area contributed by atoms with Crippen molar-refractivity contribution >= 4 is 16.9 Å². The van der Waals surface area contributed by atoms with Crippen molar-refractivity contribution in [1.29, 1.82) is 0 Å². The van der Waals surface area contributed by atoms with E-state index in [1.54, 1.807) is 0 Å². The van der Waals surface area contributed by atoms with Crippen molar-refractivity contribution in [3.05, 3.63) is 29.6 Å². The zero-order chi connectivity index (χ0) is 11.7. The van der Waals surface area contributed by atoms with Crippen LogP contribution in [0, 0.1) is 12.8 Å². The van der Waals surface area contributed by atoms with E-state index in [1.165, 1.54) is 12.8 Å². The van der Waals surface area contributed by atoms with E-state index in [1.807, 2.05) is 24.8 Å². The normalized spacial score (nSPS) is 23.6. The third-order valence-electron chi connectivity index (χ3n) is 3.19. The summed E-state index contributed by atoms with van der Waals surface area (Å²) in [7, 11) is 0. The van der Waals surface area contributed by atoms with E-state index in [9.17, 15) is 0 Å². The summed E-state index contributed by atoms with van der Waals surface area (Å²) < 4.78 is 0. The minimum absolute atomic E-state index is 0.739. The molecule has 0 bridgehead atoms. The number of pyridine rings is 1. The third-order valence-corrected chi connectivity index (χ3v) is 4.53. The van der Waals surface area contributed by atoms with Crippen molar-refractivity contribution in [3.63, 3.8) is 0 Å². The fourth-order valence-corrected chi connectivity index (χ4v) is 3.27. The number of hydrogen-bond donors (Lipinski definition) is 1. The maximum Gasteiger partial charge on any atom is 0.157 e. The van der Waals surface area contributed by atoms with Crippen LogP contribution in [0.3, 0.4) is 0 Å². The van der Waals surface area contributed by atoms with Gasteiger partial charge in [0.05, 0.1) is 18.8 Å². The van der Waals surface area contributed by atoms with Crippen LogP contribution in [0.15, 0.2) is 23.2 Å². The molecule has 1 aromatic rings. The molecule has 0 aromatic carbocycles.